The molecule has 0 spiro atoms. The summed E-state index contributed by atoms with van der Waals surface area (Å²) in [5.74, 6) is -1.77. The number of halogens is 4. The largest absolute Gasteiger partial charge is 0.491 e. The van der Waals surface area contributed by atoms with Crippen molar-refractivity contribution in [3.63, 3.8) is 0 Å². The van der Waals surface area contributed by atoms with Crippen LogP contribution in [-0.2, 0) is 0 Å². The number of hydrogen-bond donors (Lipinski definition) is 0. The molecule has 2 aliphatic rings. The van der Waals surface area contributed by atoms with Gasteiger partial charge >= 0.3 is 0 Å². The van der Waals surface area contributed by atoms with E-state index in [1.807, 2.05) is 0 Å². The van der Waals surface area contributed by atoms with Crippen LogP contribution in [0.5, 0.6) is 5.75 Å². The smallest absolute Gasteiger partial charge is 0.190 e. The third-order valence-corrected chi connectivity index (χ3v) is 7.71. The Labute approximate surface area is 188 Å². The van der Waals surface area contributed by atoms with Gasteiger partial charge < -0.3 is 4.74 Å². The van der Waals surface area contributed by atoms with E-state index in [9.17, 15) is 17.6 Å². The number of unbranched alkanes of at least 4 members (excludes halogenated alkanes) is 1. The van der Waals surface area contributed by atoms with Crippen molar-refractivity contribution in [3.8, 4) is 16.9 Å². The second-order valence-corrected chi connectivity index (χ2v) is 9.68. The molecule has 2 aromatic rings. The third kappa shape index (κ3) is 4.67. The number of hydrogen-bond acceptors (Lipinski definition) is 1. The number of benzene rings is 2. The Morgan fingerprint density at radius 1 is 0.812 bits per heavy atom. The minimum Gasteiger partial charge on any atom is -0.491 e. The Morgan fingerprint density at radius 3 is 2.06 bits per heavy atom. The summed E-state index contributed by atoms with van der Waals surface area (Å²) in [6, 6.07) is 4.53. The van der Waals surface area contributed by atoms with Crippen LogP contribution in [0.1, 0.15) is 76.2 Å². The number of methoxy groups -OCH3 is 1. The highest BCUT2D eigenvalue weighted by atomic mass is 19.1. The fraction of sp³-hybridized carbons (Fsp3) is 0.556. The quantitative estimate of drug-likeness (QED) is 0.403. The molecule has 2 aliphatic carbocycles. The summed E-state index contributed by atoms with van der Waals surface area (Å²) in [5.41, 5.74) is 0.0838. The van der Waals surface area contributed by atoms with E-state index in [-0.39, 0.29) is 11.5 Å². The van der Waals surface area contributed by atoms with E-state index in [2.05, 4.69) is 11.7 Å². The van der Waals surface area contributed by atoms with E-state index in [1.165, 1.54) is 50.7 Å². The van der Waals surface area contributed by atoms with Gasteiger partial charge in [0.15, 0.2) is 17.4 Å². The lowest BCUT2D eigenvalue weighted by atomic mass is 9.63. The Morgan fingerprint density at radius 2 is 1.44 bits per heavy atom. The van der Waals surface area contributed by atoms with E-state index in [0.717, 1.165) is 50.3 Å². The number of fused-ring (bicyclic) bond motifs is 1. The molecule has 174 valence electrons. The lowest BCUT2D eigenvalue weighted by Crippen LogP contribution is -2.30. The first-order valence-corrected chi connectivity index (χ1v) is 11.9. The summed E-state index contributed by atoms with van der Waals surface area (Å²) >= 11 is 0. The second kappa shape index (κ2) is 9.84. The maximum absolute atomic E-state index is 15.0. The zero-order chi connectivity index (χ0) is 22.8. The van der Waals surface area contributed by atoms with Crippen LogP contribution >= 0.6 is 0 Å². The molecule has 2 fully saturated rings. The van der Waals surface area contributed by atoms with E-state index < -0.39 is 34.6 Å². The molecule has 0 aliphatic heterocycles. The first kappa shape index (κ1) is 23.1. The van der Waals surface area contributed by atoms with Crippen molar-refractivity contribution in [1.29, 1.82) is 0 Å². The minimum atomic E-state index is -0.988. The lowest BCUT2D eigenvalue weighted by molar-refractivity contribution is 0.113. The van der Waals surface area contributed by atoms with Crippen molar-refractivity contribution in [2.75, 3.05) is 7.11 Å². The fourth-order valence-corrected chi connectivity index (χ4v) is 6.05. The highest BCUT2D eigenvalue weighted by Crippen LogP contribution is 2.49. The third-order valence-electron chi connectivity index (χ3n) is 7.71. The average molecular weight is 449 g/mol. The summed E-state index contributed by atoms with van der Waals surface area (Å²) in [5, 5.41) is 0. The van der Waals surface area contributed by atoms with E-state index >= 15 is 0 Å². The van der Waals surface area contributed by atoms with Gasteiger partial charge in [-0.05, 0) is 91.2 Å². The maximum atomic E-state index is 15.0. The van der Waals surface area contributed by atoms with E-state index in [0.29, 0.717) is 11.5 Å². The first-order chi connectivity index (χ1) is 15.4. The standard InChI is InChI=1S/C27H32F4O/c1-3-4-5-16-6-7-18-11-19(9-8-17(18)10-16)20-12-22(28)26(23(29)13-20)21-14-24(30)27(32-2)25(31)15-21/h12-19H,3-11H2,1-2H3. The van der Waals surface area contributed by atoms with Crippen LogP contribution in [0, 0.1) is 41.0 Å². The molecule has 0 N–H and O–H groups in total. The molecule has 2 saturated carbocycles. The molecule has 32 heavy (non-hydrogen) atoms. The summed E-state index contributed by atoms with van der Waals surface area (Å²) in [4.78, 5) is 0. The van der Waals surface area contributed by atoms with Crippen molar-refractivity contribution in [1.82, 2.24) is 0 Å². The van der Waals surface area contributed by atoms with Gasteiger partial charge in [-0.3, -0.25) is 0 Å². The molecule has 2 aromatic carbocycles. The van der Waals surface area contributed by atoms with Crippen LogP contribution in [0.25, 0.3) is 11.1 Å². The van der Waals surface area contributed by atoms with Gasteiger partial charge in [0.2, 0.25) is 0 Å². The summed E-state index contributed by atoms with van der Waals surface area (Å²) < 4.78 is 62.8. The summed E-state index contributed by atoms with van der Waals surface area (Å²) in [7, 11) is 1.14. The van der Waals surface area contributed by atoms with E-state index in [1.54, 1.807) is 0 Å². The van der Waals surface area contributed by atoms with Gasteiger partial charge in [0.25, 0.3) is 0 Å². The zero-order valence-electron chi connectivity index (χ0n) is 18.9. The molecule has 4 rings (SSSR count). The monoisotopic (exact) mass is 448 g/mol. The van der Waals surface area contributed by atoms with Crippen LogP contribution in [0.3, 0.4) is 0 Å². The van der Waals surface area contributed by atoms with Crippen LogP contribution in [-0.4, -0.2) is 7.11 Å². The molecule has 0 radical (unpaired) electrons. The van der Waals surface area contributed by atoms with Crippen molar-refractivity contribution >= 4 is 0 Å². The molecule has 0 heterocycles. The van der Waals surface area contributed by atoms with Gasteiger partial charge in [0.05, 0.1) is 12.7 Å². The molecular weight excluding hydrogens is 416 g/mol. The molecule has 1 nitrogen and oxygen atoms in total. The van der Waals surface area contributed by atoms with Crippen molar-refractivity contribution in [2.45, 2.75) is 70.6 Å². The number of rotatable bonds is 6. The molecular formula is C27H32F4O. The average Bonchev–Trinajstić information content (AvgIpc) is 2.76. The fourth-order valence-electron chi connectivity index (χ4n) is 6.05. The van der Waals surface area contributed by atoms with Crippen molar-refractivity contribution in [3.05, 3.63) is 53.1 Å². The van der Waals surface area contributed by atoms with Crippen LogP contribution in [0.15, 0.2) is 24.3 Å². The highest BCUT2D eigenvalue weighted by molar-refractivity contribution is 5.66. The summed E-state index contributed by atoms with van der Waals surface area (Å²) in [6.07, 6.45) is 10.7. The molecule has 0 bridgehead atoms. The maximum Gasteiger partial charge on any atom is 0.190 e. The summed E-state index contributed by atoms with van der Waals surface area (Å²) in [6.45, 7) is 2.24. The van der Waals surface area contributed by atoms with Crippen LogP contribution in [0.4, 0.5) is 17.6 Å². The predicted octanol–water partition coefficient (Wildman–Crippen LogP) is 8.41. The van der Waals surface area contributed by atoms with Crippen LogP contribution < -0.4 is 4.74 Å². The molecule has 4 unspecified atom stereocenters. The molecule has 5 heteroatoms. The van der Waals surface area contributed by atoms with Crippen molar-refractivity contribution in [2.24, 2.45) is 17.8 Å². The van der Waals surface area contributed by atoms with Gasteiger partial charge in [-0.2, -0.15) is 0 Å². The molecule has 0 aromatic heterocycles. The predicted molar refractivity (Wildman–Crippen MR) is 119 cm³/mol. The Bertz CT molecular complexity index is 911. The van der Waals surface area contributed by atoms with Gasteiger partial charge in [-0.15, -0.1) is 0 Å². The van der Waals surface area contributed by atoms with Gasteiger partial charge in [0.1, 0.15) is 11.6 Å². The normalized spacial score (nSPS) is 25.4. The topological polar surface area (TPSA) is 9.23 Å². The van der Waals surface area contributed by atoms with Crippen LogP contribution in [0.2, 0.25) is 0 Å². The first-order valence-electron chi connectivity index (χ1n) is 11.9. The second-order valence-electron chi connectivity index (χ2n) is 9.68. The highest BCUT2D eigenvalue weighted by Gasteiger charge is 2.36. The van der Waals surface area contributed by atoms with Crippen molar-refractivity contribution < 1.29 is 22.3 Å². The Balaban J connectivity index is 1.51. The molecule has 4 atom stereocenters. The molecule has 0 amide bonds. The SMILES string of the molecule is CCCCC1CCC2CC(c3cc(F)c(-c4cc(F)c(OC)c(F)c4)c(F)c3)CCC2C1. The zero-order valence-corrected chi connectivity index (χ0v) is 18.9. The van der Waals surface area contributed by atoms with Gasteiger partial charge in [-0.25, -0.2) is 17.6 Å². The Hall–Kier alpha value is -2.04. The van der Waals surface area contributed by atoms with E-state index in [4.69, 9.17) is 0 Å². The minimum absolute atomic E-state index is 0.130. The number of ether oxygens (including phenoxy) is 1. The molecule has 0 saturated heterocycles. The Kier molecular flexibility index (Phi) is 7.11. The van der Waals surface area contributed by atoms with Gasteiger partial charge in [0, 0.05) is 0 Å². The lowest BCUT2D eigenvalue weighted by Gasteiger charge is -2.42. The van der Waals surface area contributed by atoms with Gasteiger partial charge in [-0.1, -0.05) is 32.6 Å².